The van der Waals surface area contributed by atoms with Crippen molar-refractivity contribution in [3.05, 3.63) is 57.2 Å². The Hall–Kier alpha value is -1.63. The molecule has 0 aliphatic rings. The summed E-state index contributed by atoms with van der Waals surface area (Å²) in [5.41, 5.74) is 5.39. The number of thioether (sulfide) groups is 1. The third-order valence-electron chi connectivity index (χ3n) is 3.46. The highest BCUT2D eigenvalue weighted by atomic mass is 32.2. The van der Waals surface area contributed by atoms with E-state index >= 15 is 0 Å². The normalized spacial score (nSPS) is 10.8. The smallest absolute Gasteiger partial charge is 0.234 e. The number of thiazole rings is 1. The maximum atomic E-state index is 12.1. The molecule has 0 aliphatic carbocycles. The number of carbonyl (C=O) groups is 1. The molecule has 124 valence electrons. The predicted octanol–water partition coefficient (Wildman–Crippen LogP) is 5.36. The fourth-order valence-corrected chi connectivity index (χ4v) is 4.63. The first kappa shape index (κ1) is 17.2. The van der Waals surface area contributed by atoms with Crippen molar-refractivity contribution in [2.24, 2.45) is 0 Å². The van der Waals surface area contributed by atoms with Gasteiger partial charge in [0.2, 0.25) is 5.91 Å². The molecule has 1 amide bonds. The molecule has 0 saturated carbocycles. The van der Waals surface area contributed by atoms with E-state index in [1.54, 1.807) is 34.4 Å². The van der Waals surface area contributed by atoms with E-state index in [2.05, 4.69) is 38.6 Å². The van der Waals surface area contributed by atoms with Crippen molar-refractivity contribution >= 4 is 46.0 Å². The second-order valence-electron chi connectivity index (χ2n) is 5.52. The first-order valence-electron chi connectivity index (χ1n) is 7.53. The second-order valence-corrected chi connectivity index (χ2v) is 8.14. The minimum Gasteiger partial charge on any atom is -0.325 e. The maximum Gasteiger partial charge on any atom is 0.234 e. The number of carbonyl (C=O) groups excluding carboxylic acids is 1. The molecule has 3 nitrogen and oxygen atoms in total. The number of benzene rings is 1. The molecular formula is C18H18N2OS3. The van der Waals surface area contributed by atoms with E-state index in [9.17, 15) is 4.79 Å². The minimum atomic E-state index is 0.0280. The Kier molecular flexibility index (Phi) is 5.71. The number of thiophene rings is 1. The van der Waals surface area contributed by atoms with Crippen LogP contribution in [0, 0.1) is 13.8 Å². The lowest BCUT2D eigenvalue weighted by molar-refractivity contribution is -0.113. The number of aryl methyl sites for hydroxylation is 2. The number of amides is 1. The Morgan fingerprint density at radius 1 is 1.25 bits per heavy atom. The molecule has 0 radical (unpaired) electrons. The Labute approximate surface area is 154 Å². The fraction of sp³-hybridized carbons (Fsp3) is 0.222. The van der Waals surface area contributed by atoms with Gasteiger partial charge in [-0.1, -0.05) is 17.7 Å². The zero-order valence-electron chi connectivity index (χ0n) is 13.5. The molecule has 0 saturated heterocycles. The van der Waals surface area contributed by atoms with Crippen molar-refractivity contribution in [1.82, 2.24) is 4.98 Å². The molecule has 6 heteroatoms. The van der Waals surface area contributed by atoms with Gasteiger partial charge in [-0.25, -0.2) is 4.98 Å². The number of hydrogen-bond donors (Lipinski definition) is 1. The second kappa shape index (κ2) is 7.96. The van der Waals surface area contributed by atoms with Gasteiger partial charge in [0.05, 0.1) is 11.4 Å². The van der Waals surface area contributed by atoms with E-state index in [0.717, 1.165) is 27.7 Å². The van der Waals surface area contributed by atoms with Crippen LogP contribution in [0.2, 0.25) is 0 Å². The van der Waals surface area contributed by atoms with Gasteiger partial charge in [-0.05, 0) is 36.9 Å². The van der Waals surface area contributed by atoms with Crippen LogP contribution in [0.3, 0.4) is 0 Å². The van der Waals surface area contributed by atoms with Gasteiger partial charge in [-0.3, -0.25) is 4.79 Å². The Morgan fingerprint density at radius 3 is 2.88 bits per heavy atom. The number of aromatic nitrogens is 1. The quantitative estimate of drug-likeness (QED) is 0.631. The van der Waals surface area contributed by atoms with Crippen LogP contribution in [-0.2, 0) is 10.5 Å². The summed E-state index contributed by atoms with van der Waals surface area (Å²) in [6, 6.07) is 8.12. The molecule has 2 heterocycles. The van der Waals surface area contributed by atoms with Crippen LogP contribution < -0.4 is 5.32 Å². The number of nitrogens with zero attached hydrogens (tertiary/aromatic N) is 1. The lowest BCUT2D eigenvalue weighted by atomic mass is 10.1. The Balaban J connectivity index is 1.48. The topological polar surface area (TPSA) is 42.0 Å². The zero-order chi connectivity index (χ0) is 16.9. The molecule has 1 aromatic carbocycles. The fourth-order valence-electron chi connectivity index (χ4n) is 2.28. The zero-order valence-corrected chi connectivity index (χ0v) is 16.0. The van der Waals surface area contributed by atoms with Gasteiger partial charge in [0, 0.05) is 27.8 Å². The maximum absolute atomic E-state index is 12.1. The van der Waals surface area contributed by atoms with Crippen LogP contribution in [-0.4, -0.2) is 16.6 Å². The first-order chi connectivity index (χ1) is 11.6. The Bertz CT molecular complexity index is 825. The van der Waals surface area contributed by atoms with Crippen LogP contribution in [0.4, 0.5) is 5.69 Å². The summed E-state index contributed by atoms with van der Waals surface area (Å²) in [7, 11) is 0. The molecule has 2 aromatic heterocycles. The third kappa shape index (κ3) is 4.47. The summed E-state index contributed by atoms with van der Waals surface area (Å²) in [6.07, 6.45) is 0. The summed E-state index contributed by atoms with van der Waals surface area (Å²) in [6.45, 7) is 4.06. The summed E-state index contributed by atoms with van der Waals surface area (Å²) in [5, 5.41) is 10.3. The van der Waals surface area contributed by atoms with Crippen molar-refractivity contribution in [3.8, 4) is 10.6 Å². The standard InChI is InChI=1S/C18H18N2OS3/c1-12-3-4-16(13(2)7-12)20-17(21)11-23-9-15-10-24-18(19-15)14-5-6-22-8-14/h3-8,10H,9,11H2,1-2H3,(H,20,21). The molecule has 3 aromatic rings. The van der Waals surface area contributed by atoms with Gasteiger partial charge in [-0.2, -0.15) is 11.3 Å². The van der Waals surface area contributed by atoms with Crippen molar-refractivity contribution in [3.63, 3.8) is 0 Å². The van der Waals surface area contributed by atoms with E-state index in [-0.39, 0.29) is 5.91 Å². The SMILES string of the molecule is Cc1ccc(NC(=O)CSCc2csc(-c3ccsc3)n2)c(C)c1. The lowest BCUT2D eigenvalue weighted by Crippen LogP contribution is -2.15. The van der Waals surface area contributed by atoms with E-state index in [4.69, 9.17) is 0 Å². The van der Waals surface area contributed by atoms with Crippen LogP contribution in [0.15, 0.2) is 40.4 Å². The van der Waals surface area contributed by atoms with E-state index < -0.39 is 0 Å². The van der Waals surface area contributed by atoms with Gasteiger partial charge in [-0.15, -0.1) is 23.1 Å². The van der Waals surface area contributed by atoms with Gasteiger partial charge < -0.3 is 5.32 Å². The molecule has 3 rings (SSSR count). The molecular weight excluding hydrogens is 356 g/mol. The van der Waals surface area contributed by atoms with Crippen molar-refractivity contribution in [2.45, 2.75) is 19.6 Å². The summed E-state index contributed by atoms with van der Waals surface area (Å²) >= 11 is 4.92. The van der Waals surface area contributed by atoms with Gasteiger partial charge in [0.15, 0.2) is 0 Å². The third-order valence-corrected chi connectivity index (χ3v) is 6.05. The van der Waals surface area contributed by atoms with Crippen molar-refractivity contribution in [2.75, 3.05) is 11.1 Å². The summed E-state index contributed by atoms with van der Waals surface area (Å²) < 4.78 is 0. The van der Waals surface area contributed by atoms with E-state index in [1.807, 2.05) is 26.0 Å². The number of hydrogen-bond acceptors (Lipinski definition) is 5. The summed E-state index contributed by atoms with van der Waals surface area (Å²) in [5.74, 6) is 1.21. The van der Waals surface area contributed by atoms with Gasteiger partial charge >= 0.3 is 0 Å². The molecule has 0 spiro atoms. The van der Waals surface area contributed by atoms with Crippen LogP contribution in [0.25, 0.3) is 10.6 Å². The highest BCUT2D eigenvalue weighted by Crippen LogP contribution is 2.27. The molecule has 0 fully saturated rings. The number of rotatable bonds is 6. The van der Waals surface area contributed by atoms with Crippen molar-refractivity contribution < 1.29 is 4.79 Å². The van der Waals surface area contributed by atoms with Crippen LogP contribution in [0.5, 0.6) is 0 Å². The number of anilines is 1. The first-order valence-corrected chi connectivity index (χ1v) is 10.5. The van der Waals surface area contributed by atoms with Gasteiger partial charge in [0.1, 0.15) is 5.01 Å². The lowest BCUT2D eigenvalue weighted by Gasteiger charge is -2.08. The Morgan fingerprint density at radius 2 is 2.12 bits per heavy atom. The predicted molar refractivity (Wildman–Crippen MR) is 106 cm³/mol. The van der Waals surface area contributed by atoms with Crippen LogP contribution in [0.1, 0.15) is 16.8 Å². The highest BCUT2D eigenvalue weighted by Gasteiger charge is 2.08. The molecule has 0 aliphatic heterocycles. The average Bonchev–Trinajstić information content (AvgIpc) is 3.21. The highest BCUT2D eigenvalue weighted by molar-refractivity contribution is 7.99. The summed E-state index contributed by atoms with van der Waals surface area (Å²) in [4.78, 5) is 16.7. The molecule has 24 heavy (non-hydrogen) atoms. The van der Waals surface area contributed by atoms with E-state index in [0.29, 0.717) is 5.75 Å². The number of nitrogens with one attached hydrogen (secondary N) is 1. The average molecular weight is 375 g/mol. The molecule has 0 bridgehead atoms. The molecule has 0 unspecified atom stereocenters. The monoisotopic (exact) mass is 374 g/mol. The van der Waals surface area contributed by atoms with Gasteiger partial charge in [0.25, 0.3) is 0 Å². The molecule has 1 N–H and O–H groups in total. The largest absolute Gasteiger partial charge is 0.325 e. The molecule has 0 atom stereocenters. The van der Waals surface area contributed by atoms with Crippen LogP contribution >= 0.6 is 34.4 Å². The van der Waals surface area contributed by atoms with Crippen molar-refractivity contribution in [1.29, 1.82) is 0 Å². The van der Waals surface area contributed by atoms with E-state index in [1.165, 1.54) is 11.1 Å². The minimum absolute atomic E-state index is 0.0280.